The molecule has 8 nitrogen and oxygen atoms in total. The van der Waals surface area contributed by atoms with Crippen LogP contribution in [0.15, 0.2) is 0 Å². The number of rotatable bonds is 14. The molecule has 0 unspecified atom stereocenters. The van der Waals surface area contributed by atoms with Crippen molar-refractivity contribution in [1.29, 1.82) is 0 Å². The third-order valence-corrected chi connectivity index (χ3v) is 4.18. The molecule has 0 aliphatic carbocycles. The van der Waals surface area contributed by atoms with Crippen LogP contribution in [0.3, 0.4) is 0 Å². The quantitative estimate of drug-likeness (QED) is 0.188. The van der Waals surface area contributed by atoms with Gasteiger partial charge in [-0.25, -0.2) is 0 Å². The molecule has 0 aromatic rings. The highest BCUT2D eigenvalue weighted by molar-refractivity contribution is 5.70. The molecule has 0 bridgehead atoms. The molecule has 0 heterocycles. The zero-order chi connectivity index (χ0) is 21.5. The molecular weight excluding hydrogens is 354 g/mol. The number of aliphatic hydroxyl groups is 5. The molecule has 0 amide bonds. The third-order valence-electron chi connectivity index (χ3n) is 4.18. The van der Waals surface area contributed by atoms with Gasteiger partial charge in [-0.2, -0.15) is 0 Å². The minimum absolute atomic E-state index is 0.863. The van der Waals surface area contributed by atoms with Crippen molar-refractivity contribution in [3.63, 3.8) is 0 Å². The van der Waals surface area contributed by atoms with Crippen LogP contribution in [0.4, 0.5) is 0 Å². The van der Waals surface area contributed by atoms with E-state index in [-0.39, 0.29) is 0 Å². The van der Waals surface area contributed by atoms with Gasteiger partial charge in [0.2, 0.25) is 0 Å². The topological polar surface area (TPSA) is 141 Å². The molecule has 0 fully saturated rings. The average molecular weight is 396 g/mol. The van der Waals surface area contributed by atoms with E-state index in [4.69, 9.17) is 25.5 Å². The van der Waals surface area contributed by atoms with Crippen LogP contribution >= 0.6 is 0 Å². The summed E-state index contributed by atoms with van der Waals surface area (Å²) in [5.74, 6) is -1.98. The van der Waals surface area contributed by atoms with Crippen LogP contribution in [-0.2, 0) is 4.79 Å². The maximum atomic E-state index is 9.98. The number of hydrogen-bond acceptors (Lipinski definition) is 7. The summed E-state index contributed by atoms with van der Waals surface area (Å²) in [7, 11) is 6.84. The molecule has 0 aromatic carbocycles. The third kappa shape index (κ3) is 17.1. The SMILES string of the molecule is CCCCCCCCCC[N+](C)(C)C.O=C([O-])[C@H](O)[C@@H](O)[C@H](O)[C@H](O)CO. The summed E-state index contributed by atoms with van der Waals surface area (Å²) in [5.41, 5.74) is 0. The van der Waals surface area contributed by atoms with E-state index < -0.39 is 37.0 Å². The number of quaternary nitrogens is 1. The van der Waals surface area contributed by atoms with Crippen LogP contribution in [0, 0.1) is 0 Å². The van der Waals surface area contributed by atoms with Crippen LogP contribution in [0.1, 0.15) is 58.3 Å². The van der Waals surface area contributed by atoms with Crippen LogP contribution in [0.2, 0.25) is 0 Å². The predicted octanol–water partition coefficient (Wildman–Crippen LogP) is -0.994. The Balaban J connectivity index is 0. The van der Waals surface area contributed by atoms with Crippen molar-refractivity contribution in [2.45, 2.75) is 82.7 Å². The minimum Gasteiger partial charge on any atom is -0.547 e. The second kappa shape index (κ2) is 16.2. The van der Waals surface area contributed by atoms with E-state index in [1.54, 1.807) is 0 Å². The van der Waals surface area contributed by atoms with E-state index in [1.165, 1.54) is 57.9 Å². The Bertz CT molecular complexity index is 360. The average Bonchev–Trinajstić information content (AvgIpc) is 2.60. The van der Waals surface area contributed by atoms with Crippen molar-refractivity contribution in [2.75, 3.05) is 34.3 Å². The lowest BCUT2D eigenvalue weighted by Gasteiger charge is -2.25. The predicted molar refractivity (Wildman–Crippen MR) is 102 cm³/mol. The Kier molecular flexibility index (Phi) is 17.1. The van der Waals surface area contributed by atoms with Crippen molar-refractivity contribution in [3.8, 4) is 0 Å². The molecule has 0 rings (SSSR count). The zero-order valence-electron chi connectivity index (χ0n) is 17.4. The van der Waals surface area contributed by atoms with Gasteiger partial charge in [0.05, 0.1) is 40.3 Å². The fourth-order valence-electron chi connectivity index (χ4n) is 2.38. The minimum atomic E-state index is -2.31. The maximum absolute atomic E-state index is 9.98. The Morgan fingerprint density at radius 1 is 0.852 bits per heavy atom. The number of nitrogens with zero attached hydrogens (tertiary/aromatic N) is 1. The van der Waals surface area contributed by atoms with Gasteiger partial charge in [-0.3, -0.25) is 0 Å². The van der Waals surface area contributed by atoms with Crippen molar-refractivity contribution in [3.05, 3.63) is 0 Å². The molecule has 5 N–H and O–H groups in total. The molecule has 8 heteroatoms. The second-order valence-corrected chi connectivity index (χ2v) is 7.98. The van der Waals surface area contributed by atoms with Gasteiger partial charge in [0, 0.05) is 0 Å². The van der Waals surface area contributed by atoms with E-state index in [0.717, 1.165) is 4.48 Å². The lowest BCUT2D eigenvalue weighted by Crippen LogP contribution is -2.52. The Morgan fingerprint density at radius 2 is 1.30 bits per heavy atom. The smallest absolute Gasteiger partial charge is 0.122 e. The molecule has 0 aliphatic rings. The summed E-state index contributed by atoms with van der Waals surface area (Å²) in [6.07, 6.45) is 3.36. The second-order valence-electron chi connectivity index (χ2n) is 7.98. The van der Waals surface area contributed by atoms with Gasteiger partial charge in [0.1, 0.15) is 24.4 Å². The highest BCUT2D eigenvalue weighted by Gasteiger charge is 2.30. The standard InChI is InChI=1S/C13H30N.C6H12O7/c1-5-6-7-8-9-10-11-12-13-14(2,3)4;7-1-2(8)3(9)4(10)5(11)6(12)13/h5-13H2,1-4H3;2-5,7-11H,1H2,(H,12,13)/q+1;/p-1/t;2-,3-,4+,5-/m.1/s1. The van der Waals surface area contributed by atoms with E-state index in [2.05, 4.69) is 28.1 Å². The lowest BCUT2D eigenvalue weighted by atomic mass is 10.0. The first-order valence-electron chi connectivity index (χ1n) is 9.82. The molecule has 0 saturated carbocycles. The highest BCUT2D eigenvalue weighted by Crippen LogP contribution is 2.09. The molecule has 0 saturated heterocycles. The number of carbonyl (C=O) groups excluding carboxylic acids is 1. The number of carbonyl (C=O) groups is 1. The van der Waals surface area contributed by atoms with Gasteiger partial charge in [0.15, 0.2) is 0 Å². The molecule has 0 radical (unpaired) electrons. The number of hydrogen-bond donors (Lipinski definition) is 5. The number of aliphatic carboxylic acids is 1. The lowest BCUT2D eigenvalue weighted by molar-refractivity contribution is -0.870. The van der Waals surface area contributed by atoms with E-state index in [1.807, 2.05) is 0 Å². The summed E-state index contributed by atoms with van der Waals surface area (Å²) < 4.78 is 1.12. The van der Waals surface area contributed by atoms with E-state index in [0.29, 0.717) is 0 Å². The summed E-state index contributed by atoms with van der Waals surface area (Å²) in [5, 5.41) is 53.4. The molecular formula is C19H41NO7. The molecule has 0 aromatic heterocycles. The summed E-state index contributed by atoms with van der Waals surface area (Å²) in [4.78, 5) is 9.98. The zero-order valence-corrected chi connectivity index (χ0v) is 17.4. The molecule has 4 atom stereocenters. The Hall–Kier alpha value is -0.770. The molecule has 0 aliphatic heterocycles. The van der Waals surface area contributed by atoms with Crippen LogP contribution in [-0.4, -0.2) is 94.7 Å². The molecule has 27 heavy (non-hydrogen) atoms. The summed E-state index contributed by atoms with van der Waals surface area (Å²) in [6, 6.07) is 0. The first kappa shape index (κ1) is 28.4. The van der Waals surface area contributed by atoms with Gasteiger partial charge in [-0.1, -0.05) is 45.4 Å². The van der Waals surface area contributed by atoms with Gasteiger partial charge >= 0.3 is 0 Å². The normalized spacial score (nSPS) is 16.0. The van der Waals surface area contributed by atoms with Crippen LogP contribution < -0.4 is 5.11 Å². The largest absolute Gasteiger partial charge is 0.547 e. The number of aliphatic hydroxyl groups excluding tert-OH is 5. The number of unbranched alkanes of at least 4 members (excludes halogenated alkanes) is 7. The van der Waals surface area contributed by atoms with E-state index >= 15 is 0 Å². The van der Waals surface area contributed by atoms with Crippen LogP contribution in [0.5, 0.6) is 0 Å². The molecule has 164 valence electrons. The monoisotopic (exact) mass is 395 g/mol. The van der Waals surface area contributed by atoms with Gasteiger partial charge in [-0.15, -0.1) is 0 Å². The summed E-state index contributed by atoms with van der Waals surface area (Å²) >= 11 is 0. The van der Waals surface area contributed by atoms with Crippen molar-refractivity contribution in [2.24, 2.45) is 0 Å². The first-order valence-corrected chi connectivity index (χ1v) is 9.82. The van der Waals surface area contributed by atoms with Gasteiger partial charge < -0.3 is 39.9 Å². The summed E-state index contributed by atoms with van der Waals surface area (Å²) in [6.45, 7) is 2.74. The van der Waals surface area contributed by atoms with E-state index in [9.17, 15) is 9.90 Å². The van der Waals surface area contributed by atoms with Crippen molar-refractivity contribution < 1.29 is 39.9 Å². The van der Waals surface area contributed by atoms with Gasteiger partial charge in [0.25, 0.3) is 0 Å². The fraction of sp³-hybridized carbons (Fsp3) is 0.947. The van der Waals surface area contributed by atoms with Crippen LogP contribution in [0.25, 0.3) is 0 Å². The van der Waals surface area contributed by atoms with Crippen molar-refractivity contribution in [1.82, 2.24) is 0 Å². The van der Waals surface area contributed by atoms with Crippen molar-refractivity contribution >= 4 is 5.97 Å². The molecule has 0 spiro atoms. The highest BCUT2D eigenvalue weighted by atomic mass is 16.4. The van der Waals surface area contributed by atoms with Gasteiger partial charge in [-0.05, 0) is 12.8 Å². The first-order chi connectivity index (χ1) is 12.5. The number of carboxylic acids is 1. The maximum Gasteiger partial charge on any atom is 0.122 e. The Labute approximate surface area is 163 Å². The number of carboxylic acid groups (broad SMARTS) is 1. The fourth-order valence-corrected chi connectivity index (χ4v) is 2.38. The Morgan fingerprint density at radius 3 is 1.67 bits per heavy atom.